The zero-order valence-corrected chi connectivity index (χ0v) is 15.4. The molecule has 0 aliphatic carbocycles. The summed E-state index contributed by atoms with van der Waals surface area (Å²) in [6.07, 6.45) is 2.15. The molecule has 0 bridgehead atoms. The number of anilines is 2. The first kappa shape index (κ1) is 17.5. The van der Waals surface area contributed by atoms with Crippen molar-refractivity contribution < 1.29 is 18.0 Å². The van der Waals surface area contributed by atoms with Crippen molar-refractivity contribution >= 4 is 33.2 Å². The average Bonchev–Trinajstić information content (AvgIpc) is 3.28. The lowest BCUT2D eigenvalue weighted by Crippen LogP contribution is -2.27. The van der Waals surface area contributed by atoms with Gasteiger partial charge in [-0.05, 0) is 54.8 Å². The molecule has 27 heavy (non-hydrogen) atoms. The topological polar surface area (TPSA) is 95.6 Å². The van der Waals surface area contributed by atoms with Crippen LogP contribution in [0.25, 0.3) is 0 Å². The minimum atomic E-state index is -3.83. The monoisotopic (exact) mass is 385 g/mol. The molecule has 1 fully saturated rings. The highest BCUT2D eigenvalue weighted by Crippen LogP contribution is 2.27. The Kier molecular flexibility index (Phi) is 4.35. The molecular formula is C19H19N3O4S. The standard InChI is InChI=1S/C19H19N3O4S/c23-18-12-14-11-16(6-7-17(14)20-18)27(25,26)21-15-5-3-4-13(10-15)19(24)22-8-1-2-9-22/h3-7,10-11,21H,1-2,8-9,12H2,(H,20,23). The first-order valence-electron chi connectivity index (χ1n) is 8.77. The van der Waals surface area contributed by atoms with Gasteiger partial charge >= 0.3 is 0 Å². The lowest BCUT2D eigenvalue weighted by Gasteiger charge is -2.16. The number of amides is 2. The fourth-order valence-corrected chi connectivity index (χ4v) is 4.51. The molecule has 0 unspecified atom stereocenters. The predicted octanol–water partition coefficient (Wildman–Crippen LogP) is 2.22. The number of rotatable bonds is 4. The van der Waals surface area contributed by atoms with Crippen LogP contribution in [-0.4, -0.2) is 38.2 Å². The van der Waals surface area contributed by atoms with E-state index in [1.54, 1.807) is 35.2 Å². The van der Waals surface area contributed by atoms with E-state index < -0.39 is 10.0 Å². The van der Waals surface area contributed by atoms with E-state index in [2.05, 4.69) is 10.0 Å². The lowest BCUT2D eigenvalue weighted by atomic mass is 10.2. The van der Waals surface area contributed by atoms with Gasteiger partial charge in [0.15, 0.2) is 0 Å². The van der Waals surface area contributed by atoms with Crippen LogP contribution in [0.3, 0.4) is 0 Å². The highest BCUT2D eigenvalue weighted by atomic mass is 32.2. The Morgan fingerprint density at radius 2 is 1.85 bits per heavy atom. The Hall–Kier alpha value is -2.87. The van der Waals surface area contributed by atoms with E-state index in [0.29, 0.717) is 22.5 Å². The molecule has 2 aromatic carbocycles. The molecule has 2 aromatic rings. The molecule has 0 spiro atoms. The van der Waals surface area contributed by atoms with Gasteiger partial charge in [-0.25, -0.2) is 8.42 Å². The second-order valence-corrected chi connectivity index (χ2v) is 8.41. The second kappa shape index (κ2) is 6.70. The number of benzene rings is 2. The summed E-state index contributed by atoms with van der Waals surface area (Å²) in [5, 5.41) is 2.68. The van der Waals surface area contributed by atoms with Crippen LogP contribution >= 0.6 is 0 Å². The molecule has 0 saturated carbocycles. The average molecular weight is 385 g/mol. The Morgan fingerprint density at radius 1 is 1.07 bits per heavy atom. The molecule has 8 heteroatoms. The summed E-state index contributed by atoms with van der Waals surface area (Å²) in [5.74, 6) is -0.240. The first-order valence-corrected chi connectivity index (χ1v) is 10.3. The van der Waals surface area contributed by atoms with Crippen molar-refractivity contribution in [3.63, 3.8) is 0 Å². The molecule has 4 rings (SSSR count). The smallest absolute Gasteiger partial charge is 0.261 e. The first-order chi connectivity index (χ1) is 12.9. The summed E-state index contributed by atoms with van der Waals surface area (Å²) < 4.78 is 27.9. The lowest BCUT2D eigenvalue weighted by molar-refractivity contribution is -0.115. The van der Waals surface area contributed by atoms with Crippen molar-refractivity contribution in [1.82, 2.24) is 4.90 Å². The van der Waals surface area contributed by atoms with Gasteiger partial charge in [-0.2, -0.15) is 0 Å². The number of fused-ring (bicyclic) bond motifs is 1. The minimum Gasteiger partial charge on any atom is -0.339 e. The molecule has 7 nitrogen and oxygen atoms in total. The number of likely N-dealkylation sites (tertiary alicyclic amines) is 1. The fourth-order valence-electron chi connectivity index (χ4n) is 3.41. The summed E-state index contributed by atoms with van der Waals surface area (Å²) in [7, 11) is -3.83. The van der Waals surface area contributed by atoms with Gasteiger partial charge in [0, 0.05) is 30.0 Å². The third-order valence-electron chi connectivity index (χ3n) is 4.77. The quantitative estimate of drug-likeness (QED) is 0.844. The molecular weight excluding hydrogens is 366 g/mol. The second-order valence-electron chi connectivity index (χ2n) is 6.73. The Balaban J connectivity index is 1.56. The number of nitrogens with one attached hydrogen (secondary N) is 2. The maximum absolute atomic E-state index is 12.7. The number of carbonyl (C=O) groups excluding carboxylic acids is 2. The summed E-state index contributed by atoms with van der Waals surface area (Å²) in [5.41, 5.74) is 2.08. The van der Waals surface area contributed by atoms with Gasteiger partial charge in [0.2, 0.25) is 5.91 Å². The molecule has 2 heterocycles. The van der Waals surface area contributed by atoms with Gasteiger partial charge in [0.25, 0.3) is 15.9 Å². The molecule has 140 valence electrons. The van der Waals surface area contributed by atoms with Crippen LogP contribution in [0.4, 0.5) is 11.4 Å². The van der Waals surface area contributed by atoms with E-state index in [0.717, 1.165) is 25.9 Å². The van der Waals surface area contributed by atoms with Gasteiger partial charge in [0.05, 0.1) is 11.3 Å². The number of nitrogens with zero attached hydrogens (tertiary/aromatic N) is 1. The molecule has 2 aliphatic heterocycles. The van der Waals surface area contributed by atoms with Crippen LogP contribution in [0.15, 0.2) is 47.4 Å². The summed E-state index contributed by atoms with van der Waals surface area (Å²) >= 11 is 0. The number of sulfonamides is 1. The molecule has 1 saturated heterocycles. The van der Waals surface area contributed by atoms with E-state index in [1.807, 2.05) is 0 Å². The highest BCUT2D eigenvalue weighted by Gasteiger charge is 2.23. The van der Waals surface area contributed by atoms with E-state index in [9.17, 15) is 18.0 Å². The largest absolute Gasteiger partial charge is 0.339 e. The fraction of sp³-hybridized carbons (Fsp3) is 0.263. The zero-order valence-electron chi connectivity index (χ0n) is 14.6. The predicted molar refractivity (Wildman–Crippen MR) is 101 cm³/mol. The third-order valence-corrected chi connectivity index (χ3v) is 6.15. The normalized spacial score (nSPS) is 16.1. The summed E-state index contributed by atoms with van der Waals surface area (Å²) in [6, 6.07) is 11.0. The van der Waals surface area contributed by atoms with Crippen LogP contribution in [0.5, 0.6) is 0 Å². The Bertz CT molecular complexity index is 1030. The van der Waals surface area contributed by atoms with E-state index in [4.69, 9.17) is 0 Å². The van der Waals surface area contributed by atoms with Crippen molar-refractivity contribution in [3.05, 3.63) is 53.6 Å². The van der Waals surface area contributed by atoms with Gasteiger partial charge < -0.3 is 10.2 Å². The van der Waals surface area contributed by atoms with Gasteiger partial charge in [-0.1, -0.05) is 6.07 Å². The van der Waals surface area contributed by atoms with Crippen molar-refractivity contribution in [3.8, 4) is 0 Å². The summed E-state index contributed by atoms with van der Waals surface area (Å²) in [4.78, 5) is 25.8. The van der Waals surface area contributed by atoms with Crippen molar-refractivity contribution in [2.45, 2.75) is 24.2 Å². The van der Waals surface area contributed by atoms with Crippen LogP contribution in [-0.2, 0) is 21.2 Å². The van der Waals surface area contributed by atoms with Crippen LogP contribution in [0.1, 0.15) is 28.8 Å². The molecule has 0 radical (unpaired) electrons. The minimum absolute atomic E-state index is 0.0778. The molecule has 2 aliphatic rings. The molecule has 0 atom stereocenters. The number of carbonyl (C=O) groups is 2. The SMILES string of the molecule is O=C1Cc2cc(S(=O)(=O)Nc3cccc(C(=O)N4CCCC4)c3)ccc2N1. The molecule has 0 aromatic heterocycles. The van der Waals surface area contributed by atoms with E-state index >= 15 is 0 Å². The zero-order chi connectivity index (χ0) is 19.0. The number of hydrogen-bond donors (Lipinski definition) is 2. The Labute approximate surface area is 157 Å². The van der Waals surface area contributed by atoms with Crippen LogP contribution < -0.4 is 10.0 Å². The summed E-state index contributed by atoms with van der Waals surface area (Å²) in [6.45, 7) is 1.47. The number of hydrogen-bond acceptors (Lipinski definition) is 4. The molecule has 2 N–H and O–H groups in total. The highest BCUT2D eigenvalue weighted by molar-refractivity contribution is 7.92. The van der Waals surface area contributed by atoms with Gasteiger partial charge in [-0.3, -0.25) is 14.3 Å². The van der Waals surface area contributed by atoms with Gasteiger partial charge in [0.1, 0.15) is 0 Å². The third kappa shape index (κ3) is 3.52. The van der Waals surface area contributed by atoms with Crippen molar-refractivity contribution in [2.75, 3.05) is 23.1 Å². The van der Waals surface area contributed by atoms with E-state index in [1.165, 1.54) is 12.1 Å². The van der Waals surface area contributed by atoms with Gasteiger partial charge in [-0.15, -0.1) is 0 Å². The van der Waals surface area contributed by atoms with Crippen molar-refractivity contribution in [1.29, 1.82) is 0 Å². The maximum atomic E-state index is 12.7. The maximum Gasteiger partial charge on any atom is 0.261 e. The van der Waals surface area contributed by atoms with E-state index in [-0.39, 0.29) is 23.1 Å². The van der Waals surface area contributed by atoms with Crippen LogP contribution in [0.2, 0.25) is 0 Å². The Morgan fingerprint density at radius 3 is 2.63 bits per heavy atom. The van der Waals surface area contributed by atoms with Crippen molar-refractivity contribution in [2.24, 2.45) is 0 Å². The van der Waals surface area contributed by atoms with Crippen LogP contribution in [0, 0.1) is 0 Å². The molecule has 2 amide bonds.